The van der Waals surface area contributed by atoms with Gasteiger partial charge in [-0.25, -0.2) is 0 Å². The number of nitrogens with one attached hydrogen (secondary N) is 1. The van der Waals surface area contributed by atoms with E-state index in [9.17, 15) is 22.8 Å². The maximum absolute atomic E-state index is 12.9. The third-order valence-corrected chi connectivity index (χ3v) is 5.05. The van der Waals surface area contributed by atoms with Crippen molar-refractivity contribution in [1.29, 1.82) is 0 Å². The molecule has 1 aliphatic rings. The molecule has 1 saturated carbocycles. The Morgan fingerprint density at radius 3 is 2.50 bits per heavy atom. The molecule has 2 N–H and O–H groups in total. The quantitative estimate of drug-likeness (QED) is 0.760. The Kier molecular flexibility index (Phi) is 5.70. The highest BCUT2D eigenvalue weighted by atomic mass is 35.5. The van der Waals surface area contributed by atoms with Crippen molar-refractivity contribution in [2.24, 2.45) is 0 Å². The molecule has 132 valence electrons. The zero-order valence-corrected chi connectivity index (χ0v) is 14.0. The summed E-state index contributed by atoms with van der Waals surface area (Å²) in [5.41, 5.74) is -0.958. The van der Waals surface area contributed by atoms with E-state index < -0.39 is 23.1 Å². The first-order valence-electron chi connectivity index (χ1n) is 7.07. The number of carboxylic acid groups (broad SMARTS) is 1. The normalized spacial score (nSPS) is 15.8. The fourth-order valence-corrected chi connectivity index (χ4v) is 3.23. The van der Waals surface area contributed by atoms with Crippen molar-refractivity contribution in [1.82, 2.24) is 5.32 Å². The van der Waals surface area contributed by atoms with Gasteiger partial charge in [-0.1, -0.05) is 11.6 Å². The van der Waals surface area contributed by atoms with E-state index in [0.717, 1.165) is 23.9 Å². The molecule has 24 heavy (non-hydrogen) atoms. The van der Waals surface area contributed by atoms with E-state index in [1.54, 1.807) is 0 Å². The van der Waals surface area contributed by atoms with Crippen molar-refractivity contribution < 1.29 is 27.9 Å². The number of benzene rings is 1. The molecule has 0 saturated heterocycles. The number of hydrogen-bond donors (Lipinski definition) is 2. The number of halogens is 4. The van der Waals surface area contributed by atoms with Gasteiger partial charge >= 0.3 is 12.1 Å². The van der Waals surface area contributed by atoms with Crippen LogP contribution in [0.4, 0.5) is 13.2 Å². The number of carbonyl (C=O) groups excluding carboxylic acids is 1. The summed E-state index contributed by atoms with van der Waals surface area (Å²) in [5.74, 6) is -1.56. The van der Waals surface area contributed by atoms with Crippen molar-refractivity contribution in [2.45, 2.75) is 24.4 Å². The number of aliphatic carboxylic acids is 1. The predicted octanol–water partition coefficient (Wildman–Crippen LogP) is 3.32. The van der Waals surface area contributed by atoms with Gasteiger partial charge < -0.3 is 10.4 Å². The Morgan fingerprint density at radius 1 is 1.29 bits per heavy atom. The molecule has 0 aliphatic heterocycles. The number of carbonyl (C=O) groups is 2. The summed E-state index contributed by atoms with van der Waals surface area (Å²) in [7, 11) is 0. The topological polar surface area (TPSA) is 66.4 Å². The van der Waals surface area contributed by atoms with Crippen LogP contribution >= 0.6 is 23.4 Å². The van der Waals surface area contributed by atoms with Crippen molar-refractivity contribution >= 4 is 35.2 Å². The van der Waals surface area contributed by atoms with Crippen LogP contribution in [-0.4, -0.2) is 35.0 Å². The van der Waals surface area contributed by atoms with Crippen molar-refractivity contribution in [2.75, 3.05) is 18.1 Å². The lowest BCUT2D eigenvalue weighted by atomic mass is 9.94. The standard InChI is InChI=1S/C15H15ClF3NO3S/c16-11-2-1-9(15(17,18)19)5-10(11)14(3-4-14)8-20-12(21)6-24-7-13(22)23/h1-2,5H,3-4,6-8H2,(H,20,21)(H,22,23). The fourth-order valence-electron chi connectivity index (χ4n) is 2.35. The first-order chi connectivity index (χ1) is 11.1. The molecule has 0 bridgehead atoms. The minimum atomic E-state index is -4.45. The van der Waals surface area contributed by atoms with E-state index in [4.69, 9.17) is 16.7 Å². The van der Waals surface area contributed by atoms with Crippen LogP contribution < -0.4 is 5.32 Å². The molecule has 9 heteroatoms. The van der Waals surface area contributed by atoms with Crippen LogP contribution in [0.1, 0.15) is 24.0 Å². The lowest BCUT2D eigenvalue weighted by Gasteiger charge is -2.20. The fraction of sp³-hybridized carbons (Fsp3) is 0.467. The van der Waals surface area contributed by atoms with E-state index in [-0.39, 0.29) is 29.0 Å². The zero-order chi connectivity index (χ0) is 18.0. The first kappa shape index (κ1) is 18.9. The molecule has 0 spiro atoms. The lowest BCUT2D eigenvalue weighted by Crippen LogP contribution is -2.33. The smallest absolute Gasteiger partial charge is 0.416 e. The molecule has 0 radical (unpaired) electrons. The highest BCUT2D eigenvalue weighted by Crippen LogP contribution is 2.51. The number of hydrogen-bond acceptors (Lipinski definition) is 3. The maximum Gasteiger partial charge on any atom is 0.416 e. The van der Waals surface area contributed by atoms with Gasteiger partial charge in [-0.05, 0) is 36.6 Å². The highest BCUT2D eigenvalue weighted by Gasteiger charge is 2.46. The Balaban J connectivity index is 2.01. The van der Waals surface area contributed by atoms with E-state index >= 15 is 0 Å². The summed E-state index contributed by atoms with van der Waals surface area (Å²) in [6, 6.07) is 3.20. The molecule has 4 nitrogen and oxygen atoms in total. The summed E-state index contributed by atoms with van der Waals surface area (Å²) in [6.45, 7) is 0.181. The van der Waals surface area contributed by atoms with Gasteiger partial charge in [0.15, 0.2) is 0 Å². The Labute approximate surface area is 145 Å². The van der Waals surface area contributed by atoms with Gasteiger partial charge in [-0.3, -0.25) is 9.59 Å². The molecule has 0 heterocycles. The minimum Gasteiger partial charge on any atom is -0.481 e. The summed E-state index contributed by atoms with van der Waals surface area (Å²) in [5, 5.41) is 11.4. The molecule has 2 rings (SSSR count). The zero-order valence-electron chi connectivity index (χ0n) is 12.5. The molecule has 0 unspecified atom stereocenters. The largest absolute Gasteiger partial charge is 0.481 e. The van der Waals surface area contributed by atoms with Crippen molar-refractivity contribution in [3.8, 4) is 0 Å². The van der Waals surface area contributed by atoms with E-state index in [0.29, 0.717) is 18.4 Å². The second-order valence-electron chi connectivity index (χ2n) is 5.64. The van der Waals surface area contributed by atoms with Crippen LogP contribution in [0.2, 0.25) is 5.02 Å². The SMILES string of the molecule is O=C(O)CSCC(=O)NCC1(c2cc(C(F)(F)F)ccc2Cl)CC1. The van der Waals surface area contributed by atoms with Crippen LogP contribution in [0.15, 0.2) is 18.2 Å². The van der Waals surface area contributed by atoms with E-state index in [1.165, 1.54) is 6.07 Å². The number of thioether (sulfide) groups is 1. The van der Waals surface area contributed by atoms with Crippen LogP contribution in [0, 0.1) is 0 Å². The molecule has 1 aromatic carbocycles. The van der Waals surface area contributed by atoms with Crippen LogP contribution in [-0.2, 0) is 21.2 Å². The average molecular weight is 382 g/mol. The van der Waals surface area contributed by atoms with E-state index in [1.807, 2.05) is 0 Å². The highest BCUT2D eigenvalue weighted by molar-refractivity contribution is 8.00. The van der Waals surface area contributed by atoms with Gasteiger partial charge in [-0.2, -0.15) is 13.2 Å². The lowest BCUT2D eigenvalue weighted by molar-refractivity contribution is -0.137. The van der Waals surface area contributed by atoms with Gasteiger partial charge in [0, 0.05) is 17.0 Å². The number of alkyl halides is 3. The van der Waals surface area contributed by atoms with Gasteiger partial charge in [0.1, 0.15) is 0 Å². The number of carboxylic acids is 1. The third kappa shape index (κ3) is 4.80. The summed E-state index contributed by atoms with van der Waals surface area (Å²) >= 11 is 7.01. The second-order valence-corrected chi connectivity index (χ2v) is 7.03. The van der Waals surface area contributed by atoms with Gasteiger partial charge in [0.05, 0.1) is 17.1 Å². The molecule has 1 fully saturated rings. The summed E-state index contributed by atoms with van der Waals surface area (Å²) in [6.07, 6.45) is -3.18. The molecule has 1 aromatic rings. The van der Waals surface area contributed by atoms with Crippen LogP contribution in [0.5, 0.6) is 0 Å². The molecule has 1 aliphatic carbocycles. The number of rotatable bonds is 7. The summed E-state index contributed by atoms with van der Waals surface area (Å²) < 4.78 is 38.6. The van der Waals surface area contributed by atoms with Gasteiger partial charge in [0.25, 0.3) is 0 Å². The monoisotopic (exact) mass is 381 g/mol. The van der Waals surface area contributed by atoms with Gasteiger partial charge in [0.2, 0.25) is 5.91 Å². The van der Waals surface area contributed by atoms with Crippen LogP contribution in [0.3, 0.4) is 0 Å². The Morgan fingerprint density at radius 2 is 1.96 bits per heavy atom. The molecular weight excluding hydrogens is 367 g/mol. The second kappa shape index (κ2) is 7.23. The Hall–Kier alpha value is -1.41. The van der Waals surface area contributed by atoms with Crippen molar-refractivity contribution in [3.63, 3.8) is 0 Å². The average Bonchev–Trinajstić information content (AvgIpc) is 3.25. The Bertz CT molecular complexity index is 647. The van der Waals surface area contributed by atoms with Crippen LogP contribution in [0.25, 0.3) is 0 Å². The summed E-state index contributed by atoms with van der Waals surface area (Å²) in [4.78, 5) is 22.1. The first-order valence-corrected chi connectivity index (χ1v) is 8.61. The van der Waals surface area contributed by atoms with E-state index in [2.05, 4.69) is 5.32 Å². The minimum absolute atomic E-state index is 0.0152. The molecule has 0 atom stereocenters. The number of amides is 1. The molecule has 1 amide bonds. The molecule has 0 aromatic heterocycles. The molecular formula is C15H15ClF3NO3S. The van der Waals surface area contributed by atoms with Gasteiger partial charge in [-0.15, -0.1) is 11.8 Å². The van der Waals surface area contributed by atoms with Crippen molar-refractivity contribution in [3.05, 3.63) is 34.3 Å². The third-order valence-electron chi connectivity index (χ3n) is 3.80. The predicted molar refractivity (Wildman–Crippen MR) is 85.3 cm³/mol. The maximum atomic E-state index is 12.9.